The number of carbonyl (C=O) groups is 1. The third kappa shape index (κ3) is 2.93. The normalized spacial score (nSPS) is 14.8. The van der Waals surface area contributed by atoms with Crippen molar-refractivity contribution in [1.29, 1.82) is 0 Å². The molecule has 0 atom stereocenters. The molecule has 2 rings (SSSR count). The molecule has 0 unspecified atom stereocenters. The van der Waals surface area contributed by atoms with E-state index in [1.165, 1.54) is 0 Å². The summed E-state index contributed by atoms with van der Waals surface area (Å²) < 4.78 is 0. The molecule has 88 valence electrons. The first-order valence-corrected chi connectivity index (χ1v) is 5.12. The van der Waals surface area contributed by atoms with Gasteiger partial charge >= 0.3 is 0 Å². The monoisotopic (exact) mass is 241 g/mol. The Hall–Kier alpha value is -1.13. The standard InChI is InChI=1S/C11H15N3O.ClH/c1-14(11(15)10-6-13-7-10)8-9-3-2-4-12-5-9;/h2-5,10,13H,6-8H2,1H3;1H. The van der Waals surface area contributed by atoms with Crippen LogP contribution >= 0.6 is 12.4 Å². The van der Waals surface area contributed by atoms with E-state index in [-0.39, 0.29) is 24.2 Å². The number of carbonyl (C=O) groups excluding carboxylic acids is 1. The minimum atomic E-state index is 0. The van der Waals surface area contributed by atoms with E-state index < -0.39 is 0 Å². The van der Waals surface area contributed by atoms with Crippen LogP contribution in [-0.2, 0) is 11.3 Å². The summed E-state index contributed by atoms with van der Waals surface area (Å²) in [6, 6.07) is 3.87. The maximum absolute atomic E-state index is 11.8. The van der Waals surface area contributed by atoms with Gasteiger partial charge in [0.1, 0.15) is 0 Å². The lowest BCUT2D eigenvalue weighted by Crippen LogP contribution is -2.50. The predicted octanol–water partition coefficient (Wildman–Crippen LogP) is 0.681. The number of nitrogens with zero attached hydrogens (tertiary/aromatic N) is 2. The third-order valence-corrected chi connectivity index (χ3v) is 2.65. The maximum atomic E-state index is 11.8. The van der Waals surface area contributed by atoms with Crippen LogP contribution < -0.4 is 5.32 Å². The van der Waals surface area contributed by atoms with Gasteiger partial charge in [-0.2, -0.15) is 0 Å². The summed E-state index contributed by atoms with van der Waals surface area (Å²) in [5.41, 5.74) is 1.07. The summed E-state index contributed by atoms with van der Waals surface area (Å²) >= 11 is 0. The molecule has 0 aliphatic carbocycles. The fourth-order valence-electron chi connectivity index (χ4n) is 1.62. The second-order valence-electron chi connectivity index (χ2n) is 3.91. The van der Waals surface area contributed by atoms with Crippen molar-refractivity contribution >= 4 is 18.3 Å². The molecule has 0 aromatic carbocycles. The van der Waals surface area contributed by atoms with E-state index in [9.17, 15) is 4.79 Å². The highest BCUT2D eigenvalue weighted by Crippen LogP contribution is 2.09. The Kier molecular flexibility index (Phi) is 4.71. The number of nitrogens with one attached hydrogen (secondary N) is 1. The molecule has 1 aliphatic rings. The van der Waals surface area contributed by atoms with Gasteiger partial charge in [0, 0.05) is 39.1 Å². The molecule has 1 fully saturated rings. The molecule has 16 heavy (non-hydrogen) atoms. The number of halogens is 1. The average Bonchev–Trinajstić information content (AvgIpc) is 2.16. The highest BCUT2D eigenvalue weighted by Gasteiger charge is 2.27. The number of hydrogen-bond donors (Lipinski definition) is 1. The van der Waals surface area contributed by atoms with E-state index >= 15 is 0 Å². The van der Waals surface area contributed by atoms with Gasteiger partial charge in [0.25, 0.3) is 0 Å². The lowest BCUT2D eigenvalue weighted by molar-refractivity contribution is -0.136. The van der Waals surface area contributed by atoms with Crippen molar-refractivity contribution in [3.05, 3.63) is 30.1 Å². The molecule has 1 N–H and O–H groups in total. The molecule has 0 spiro atoms. The molecular formula is C11H16ClN3O. The van der Waals surface area contributed by atoms with Gasteiger partial charge in [-0.05, 0) is 11.6 Å². The van der Waals surface area contributed by atoms with Crippen molar-refractivity contribution < 1.29 is 4.79 Å². The molecular weight excluding hydrogens is 226 g/mol. The lowest BCUT2D eigenvalue weighted by atomic mass is 10.0. The average molecular weight is 242 g/mol. The highest BCUT2D eigenvalue weighted by molar-refractivity contribution is 5.85. The van der Waals surface area contributed by atoms with Gasteiger partial charge in [-0.15, -0.1) is 12.4 Å². The SMILES string of the molecule is CN(Cc1cccnc1)C(=O)C1CNC1.Cl. The van der Waals surface area contributed by atoms with E-state index in [1.54, 1.807) is 17.3 Å². The molecule has 0 saturated carbocycles. The highest BCUT2D eigenvalue weighted by atomic mass is 35.5. The van der Waals surface area contributed by atoms with Gasteiger partial charge in [-0.1, -0.05) is 6.07 Å². The summed E-state index contributed by atoms with van der Waals surface area (Å²) in [7, 11) is 1.84. The van der Waals surface area contributed by atoms with E-state index in [4.69, 9.17) is 0 Å². The zero-order valence-corrected chi connectivity index (χ0v) is 10.0. The molecule has 0 bridgehead atoms. The molecule has 1 aromatic heterocycles. The summed E-state index contributed by atoms with van der Waals surface area (Å²) in [4.78, 5) is 17.6. The molecule has 2 heterocycles. The molecule has 1 aromatic rings. The third-order valence-electron chi connectivity index (χ3n) is 2.65. The number of hydrogen-bond acceptors (Lipinski definition) is 3. The number of aromatic nitrogens is 1. The number of pyridine rings is 1. The van der Waals surface area contributed by atoms with Crippen molar-refractivity contribution in [3.63, 3.8) is 0 Å². The van der Waals surface area contributed by atoms with Crippen LogP contribution in [0.1, 0.15) is 5.56 Å². The second-order valence-corrected chi connectivity index (χ2v) is 3.91. The zero-order valence-electron chi connectivity index (χ0n) is 9.22. The molecule has 4 nitrogen and oxygen atoms in total. The lowest BCUT2D eigenvalue weighted by Gasteiger charge is -2.30. The van der Waals surface area contributed by atoms with Crippen LogP contribution in [0.5, 0.6) is 0 Å². The Morgan fingerprint density at radius 1 is 1.62 bits per heavy atom. The quantitative estimate of drug-likeness (QED) is 0.847. The van der Waals surface area contributed by atoms with E-state index in [2.05, 4.69) is 10.3 Å². The molecule has 1 amide bonds. The summed E-state index contributed by atoms with van der Waals surface area (Å²) in [6.45, 7) is 2.27. The first-order chi connectivity index (χ1) is 7.27. The van der Waals surface area contributed by atoms with Gasteiger partial charge < -0.3 is 10.2 Å². The van der Waals surface area contributed by atoms with Crippen molar-refractivity contribution in [3.8, 4) is 0 Å². The Morgan fingerprint density at radius 3 is 2.88 bits per heavy atom. The minimum Gasteiger partial charge on any atom is -0.341 e. The van der Waals surface area contributed by atoms with Crippen molar-refractivity contribution in [2.45, 2.75) is 6.54 Å². The van der Waals surface area contributed by atoms with E-state index in [0.29, 0.717) is 6.54 Å². The molecule has 1 saturated heterocycles. The molecule has 1 aliphatic heterocycles. The molecule has 0 radical (unpaired) electrons. The van der Waals surface area contributed by atoms with Crippen LogP contribution in [-0.4, -0.2) is 35.9 Å². The Balaban J connectivity index is 0.00000128. The first-order valence-electron chi connectivity index (χ1n) is 5.12. The predicted molar refractivity (Wildman–Crippen MR) is 64.3 cm³/mol. The van der Waals surface area contributed by atoms with Crippen molar-refractivity contribution in [2.24, 2.45) is 5.92 Å². The summed E-state index contributed by atoms with van der Waals surface area (Å²) in [5.74, 6) is 0.393. The van der Waals surface area contributed by atoms with Crippen LogP contribution in [0.2, 0.25) is 0 Å². The number of amides is 1. The van der Waals surface area contributed by atoms with Gasteiger partial charge in [0.05, 0.1) is 5.92 Å². The Morgan fingerprint density at radius 2 is 2.38 bits per heavy atom. The second kappa shape index (κ2) is 5.82. The largest absolute Gasteiger partial charge is 0.341 e. The van der Waals surface area contributed by atoms with Crippen LogP contribution in [0, 0.1) is 5.92 Å². The fourth-order valence-corrected chi connectivity index (χ4v) is 1.62. The maximum Gasteiger partial charge on any atom is 0.228 e. The van der Waals surface area contributed by atoms with Gasteiger partial charge in [0.2, 0.25) is 5.91 Å². The van der Waals surface area contributed by atoms with Crippen LogP contribution in [0.3, 0.4) is 0 Å². The summed E-state index contributed by atoms with van der Waals surface area (Å²) in [6.07, 6.45) is 3.53. The van der Waals surface area contributed by atoms with Gasteiger partial charge in [-0.3, -0.25) is 9.78 Å². The van der Waals surface area contributed by atoms with Crippen LogP contribution in [0.4, 0.5) is 0 Å². The van der Waals surface area contributed by atoms with Crippen molar-refractivity contribution in [2.75, 3.05) is 20.1 Å². The Labute approximate surface area is 101 Å². The topological polar surface area (TPSA) is 45.2 Å². The smallest absolute Gasteiger partial charge is 0.228 e. The van der Waals surface area contributed by atoms with Crippen molar-refractivity contribution in [1.82, 2.24) is 15.2 Å². The fraction of sp³-hybridized carbons (Fsp3) is 0.455. The van der Waals surface area contributed by atoms with Crippen LogP contribution in [0.25, 0.3) is 0 Å². The zero-order chi connectivity index (χ0) is 10.7. The van der Waals surface area contributed by atoms with Gasteiger partial charge in [-0.25, -0.2) is 0 Å². The Bertz CT molecular complexity index is 340. The van der Waals surface area contributed by atoms with Crippen LogP contribution in [0.15, 0.2) is 24.5 Å². The van der Waals surface area contributed by atoms with E-state index in [1.807, 2.05) is 19.2 Å². The summed E-state index contributed by atoms with van der Waals surface area (Å²) in [5, 5.41) is 3.10. The molecule has 5 heteroatoms. The first kappa shape index (κ1) is 12.9. The van der Waals surface area contributed by atoms with E-state index in [0.717, 1.165) is 18.7 Å². The number of rotatable bonds is 3. The minimum absolute atomic E-state index is 0. The van der Waals surface area contributed by atoms with Gasteiger partial charge in [0.15, 0.2) is 0 Å².